The summed E-state index contributed by atoms with van der Waals surface area (Å²) in [6, 6.07) is 8.74. The van der Waals surface area contributed by atoms with Crippen LogP contribution in [-0.4, -0.2) is 12.6 Å². The molecule has 2 rings (SSSR count). The molecule has 15 heavy (non-hydrogen) atoms. The van der Waals surface area contributed by atoms with Gasteiger partial charge in [-0.1, -0.05) is 31.2 Å². The van der Waals surface area contributed by atoms with Crippen LogP contribution in [0.15, 0.2) is 24.3 Å². The van der Waals surface area contributed by atoms with E-state index < -0.39 is 0 Å². The summed E-state index contributed by atoms with van der Waals surface area (Å²) >= 11 is 0. The van der Waals surface area contributed by atoms with E-state index in [0.29, 0.717) is 6.54 Å². The van der Waals surface area contributed by atoms with Gasteiger partial charge in [0.05, 0.1) is 12.2 Å². The zero-order valence-corrected chi connectivity index (χ0v) is 9.28. The molecule has 0 radical (unpaired) electrons. The molecule has 0 unspecified atom stereocenters. The van der Waals surface area contributed by atoms with Crippen molar-refractivity contribution >= 4 is 0 Å². The summed E-state index contributed by atoms with van der Waals surface area (Å²) in [5, 5.41) is 0. The summed E-state index contributed by atoms with van der Waals surface area (Å²) in [5.74, 6) is 0. The molecule has 1 aliphatic rings. The first-order valence-corrected chi connectivity index (χ1v) is 5.78. The molecule has 1 aromatic rings. The van der Waals surface area contributed by atoms with Crippen LogP contribution in [0, 0.1) is 0 Å². The predicted octanol–water partition coefficient (Wildman–Crippen LogP) is 2.43. The molecule has 0 bridgehead atoms. The Hall–Kier alpha value is -0.860. The molecule has 1 aromatic carbocycles. The minimum absolute atomic E-state index is 0.265. The third-order valence-electron chi connectivity index (χ3n) is 3.13. The standard InChI is InChI=1S/C13H19NO/c1-2-10-3-5-11(6-4-10)13-8-7-12(9-14)15-13/h3-6,12-13H,2,7-9,14H2,1H3/t12-,13+/m1/s1. The summed E-state index contributed by atoms with van der Waals surface area (Å²) in [7, 11) is 0. The molecule has 0 spiro atoms. The largest absolute Gasteiger partial charge is 0.369 e. The van der Waals surface area contributed by atoms with Gasteiger partial charge < -0.3 is 10.5 Å². The molecule has 2 N–H and O–H groups in total. The first-order chi connectivity index (χ1) is 7.33. The third-order valence-corrected chi connectivity index (χ3v) is 3.13. The maximum Gasteiger partial charge on any atom is 0.0830 e. The second kappa shape index (κ2) is 4.77. The van der Waals surface area contributed by atoms with E-state index >= 15 is 0 Å². The van der Waals surface area contributed by atoms with Gasteiger partial charge in [0, 0.05) is 6.54 Å². The normalized spacial score (nSPS) is 25.7. The smallest absolute Gasteiger partial charge is 0.0830 e. The SMILES string of the molecule is CCc1ccc([C@@H]2CC[C@H](CN)O2)cc1. The molecule has 1 saturated heterocycles. The molecule has 82 valence electrons. The summed E-state index contributed by atoms with van der Waals surface area (Å²) in [6.07, 6.45) is 3.83. The topological polar surface area (TPSA) is 35.2 Å². The summed E-state index contributed by atoms with van der Waals surface area (Å²) in [4.78, 5) is 0. The van der Waals surface area contributed by atoms with Crippen LogP contribution in [0.3, 0.4) is 0 Å². The van der Waals surface area contributed by atoms with Crippen molar-refractivity contribution in [1.82, 2.24) is 0 Å². The Balaban J connectivity index is 2.04. The van der Waals surface area contributed by atoms with E-state index in [4.69, 9.17) is 10.5 Å². The molecule has 0 amide bonds. The molecule has 1 aliphatic heterocycles. The van der Waals surface area contributed by atoms with Gasteiger partial charge >= 0.3 is 0 Å². The molecule has 0 saturated carbocycles. The van der Waals surface area contributed by atoms with Crippen molar-refractivity contribution in [3.8, 4) is 0 Å². The van der Waals surface area contributed by atoms with Crippen LogP contribution in [0.5, 0.6) is 0 Å². The van der Waals surface area contributed by atoms with E-state index in [1.807, 2.05) is 0 Å². The molecule has 2 atom stereocenters. The molecule has 0 aliphatic carbocycles. The fourth-order valence-electron chi connectivity index (χ4n) is 2.09. The maximum absolute atomic E-state index is 5.85. The summed E-state index contributed by atoms with van der Waals surface area (Å²) in [5.41, 5.74) is 8.27. The van der Waals surface area contributed by atoms with Crippen molar-refractivity contribution in [2.24, 2.45) is 5.73 Å². The van der Waals surface area contributed by atoms with Crippen molar-refractivity contribution in [3.05, 3.63) is 35.4 Å². The molecular weight excluding hydrogens is 186 g/mol. The first kappa shape index (κ1) is 10.7. The van der Waals surface area contributed by atoms with Crippen LogP contribution in [0.4, 0.5) is 0 Å². The Kier molecular flexibility index (Phi) is 3.39. The van der Waals surface area contributed by atoms with Crippen molar-refractivity contribution in [1.29, 1.82) is 0 Å². The quantitative estimate of drug-likeness (QED) is 0.822. The number of rotatable bonds is 3. The molecule has 1 fully saturated rings. The zero-order chi connectivity index (χ0) is 10.7. The monoisotopic (exact) mass is 205 g/mol. The Labute approximate surface area is 91.4 Å². The van der Waals surface area contributed by atoms with Gasteiger partial charge in [0.15, 0.2) is 0 Å². The van der Waals surface area contributed by atoms with E-state index in [1.54, 1.807) is 0 Å². The van der Waals surface area contributed by atoms with Crippen LogP contribution in [0.25, 0.3) is 0 Å². The number of aryl methyl sites for hydroxylation is 1. The van der Waals surface area contributed by atoms with Crippen LogP contribution in [-0.2, 0) is 11.2 Å². The number of hydrogen-bond donors (Lipinski definition) is 1. The molecule has 1 heterocycles. The molecule has 0 aromatic heterocycles. The maximum atomic E-state index is 5.85. The lowest BCUT2D eigenvalue weighted by atomic mass is 10.0. The second-order valence-electron chi connectivity index (χ2n) is 4.15. The Morgan fingerprint density at radius 2 is 2.00 bits per heavy atom. The van der Waals surface area contributed by atoms with Crippen LogP contribution < -0.4 is 5.73 Å². The van der Waals surface area contributed by atoms with Crippen molar-refractivity contribution in [2.75, 3.05) is 6.54 Å². The van der Waals surface area contributed by atoms with Gasteiger partial charge in [0.2, 0.25) is 0 Å². The van der Waals surface area contributed by atoms with E-state index in [2.05, 4.69) is 31.2 Å². The number of ether oxygens (including phenoxy) is 1. The van der Waals surface area contributed by atoms with E-state index in [1.165, 1.54) is 11.1 Å². The molecule has 2 heteroatoms. The lowest BCUT2D eigenvalue weighted by Gasteiger charge is -2.12. The van der Waals surface area contributed by atoms with Crippen molar-refractivity contribution in [3.63, 3.8) is 0 Å². The zero-order valence-electron chi connectivity index (χ0n) is 9.28. The average Bonchev–Trinajstić information content (AvgIpc) is 2.78. The van der Waals surface area contributed by atoms with Gasteiger partial charge in [-0.05, 0) is 30.4 Å². The van der Waals surface area contributed by atoms with Crippen molar-refractivity contribution < 1.29 is 4.74 Å². The Morgan fingerprint density at radius 3 is 2.53 bits per heavy atom. The highest BCUT2D eigenvalue weighted by Crippen LogP contribution is 2.32. The van der Waals surface area contributed by atoms with E-state index in [0.717, 1.165) is 19.3 Å². The van der Waals surface area contributed by atoms with Gasteiger partial charge in [0.25, 0.3) is 0 Å². The highest BCUT2D eigenvalue weighted by molar-refractivity contribution is 5.24. The number of benzene rings is 1. The summed E-state index contributed by atoms with van der Waals surface area (Å²) < 4.78 is 5.85. The lowest BCUT2D eigenvalue weighted by molar-refractivity contribution is 0.0498. The lowest BCUT2D eigenvalue weighted by Crippen LogP contribution is -2.18. The number of nitrogens with two attached hydrogens (primary N) is 1. The van der Waals surface area contributed by atoms with Gasteiger partial charge in [-0.3, -0.25) is 0 Å². The van der Waals surface area contributed by atoms with E-state index in [9.17, 15) is 0 Å². The predicted molar refractivity (Wildman–Crippen MR) is 61.7 cm³/mol. The Bertz CT molecular complexity index is 307. The fraction of sp³-hybridized carbons (Fsp3) is 0.538. The highest BCUT2D eigenvalue weighted by atomic mass is 16.5. The number of hydrogen-bond acceptors (Lipinski definition) is 2. The highest BCUT2D eigenvalue weighted by Gasteiger charge is 2.24. The summed E-state index contributed by atoms with van der Waals surface area (Å²) in [6.45, 7) is 2.81. The first-order valence-electron chi connectivity index (χ1n) is 5.78. The van der Waals surface area contributed by atoms with Crippen molar-refractivity contribution in [2.45, 2.75) is 38.4 Å². The fourth-order valence-corrected chi connectivity index (χ4v) is 2.09. The molecular formula is C13H19NO. The Morgan fingerprint density at radius 1 is 1.27 bits per heavy atom. The van der Waals surface area contributed by atoms with Crippen LogP contribution >= 0.6 is 0 Å². The second-order valence-corrected chi connectivity index (χ2v) is 4.15. The van der Waals surface area contributed by atoms with E-state index in [-0.39, 0.29) is 12.2 Å². The van der Waals surface area contributed by atoms with Gasteiger partial charge in [-0.25, -0.2) is 0 Å². The van der Waals surface area contributed by atoms with Gasteiger partial charge in [-0.15, -0.1) is 0 Å². The minimum Gasteiger partial charge on any atom is -0.369 e. The van der Waals surface area contributed by atoms with Crippen LogP contribution in [0.2, 0.25) is 0 Å². The van der Waals surface area contributed by atoms with Gasteiger partial charge in [-0.2, -0.15) is 0 Å². The third kappa shape index (κ3) is 2.39. The van der Waals surface area contributed by atoms with Gasteiger partial charge in [0.1, 0.15) is 0 Å². The molecule has 2 nitrogen and oxygen atoms in total. The minimum atomic E-state index is 0.265. The average molecular weight is 205 g/mol. The van der Waals surface area contributed by atoms with Crippen LogP contribution in [0.1, 0.15) is 37.0 Å².